The Morgan fingerprint density at radius 3 is 2.33 bits per heavy atom. The highest BCUT2D eigenvalue weighted by atomic mass is 32.1. The van der Waals surface area contributed by atoms with Crippen molar-refractivity contribution in [3.05, 3.63) is 51.7 Å². The van der Waals surface area contributed by atoms with Gasteiger partial charge in [0.15, 0.2) is 5.78 Å². The van der Waals surface area contributed by atoms with E-state index in [2.05, 4.69) is 0 Å². The molecule has 1 aromatic heterocycles. The van der Waals surface area contributed by atoms with Crippen LogP contribution in [0.25, 0.3) is 0 Å². The third kappa shape index (κ3) is 3.79. The van der Waals surface area contributed by atoms with Crippen molar-refractivity contribution in [1.82, 2.24) is 0 Å². The monoisotopic (exact) mass is 301 g/mol. The van der Waals surface area contributed by atoms with E-state index in [0.29, 0.717) is 0 Å². The van der Waals surface area contributed by atoms with Gasteiger partial charge in [-0.15, -0.1) is 11.3 Å². The van der Waals surface area contributed by atoms with Gasteiger partial charge in [0, 0.05) is 40.9 Å². The Balaban J connectivity index is 1.95. The number of anilines is 1. The van der Waals surface area contributed by atoms with Crippen LogP contribution in [0.3, 0.4) is 0 Å². The molecule has 0 aliphatic carbocycles. The van der Waals surface area contributed by atoms with Gasteiger partial charge in [-0.25, -0.2) is 0 Å². The Kier molecular flexibility index (Phi) is 4.91. The first-order valence-electron chi connectivity index (χ1n) is 6.91. The van der Waals surface area contributed by atoms with Crippen molar-refractivity contribution in [3.8, 4) is 0 Å². The first-order chi connectivity index (χ1) is 9.99. The van der Waals surface area contributed by atoms with E-state index in [0.717, 1.165) is 21.0 Å². The molecular weight excluding hydrogens is 282 g/mol. The van der Waals surface area contributed by atoms with Gasteiger partial charge >= 0.3 is 0 Å². The van der Waals surface area contributed by atoms with Crippen LogP contribution >= 0.6 is 11.3 Å². The molecule has 0 fully saturated rings. The zero-order chi connectivity index (χ0) is 15.4. The van der Waals surface area contributed by atoms with Gasteiger partial charge in [0.1, 0.15) is 0 Å². The van der Waals surface area contributed by atoms with E-state index in [1.807, 2.05) is 50.2 Å². The molecular formula is C17H19NO2S. The Bertz CT molecular complexity index is 646. The Morgan fingerprint density at radius 2 is 1.76 bits per heavy atom. The van der Waals surface area contributed by atoms with Crippen molar-refractivity contribution >= 4 is 28.7 Å². The molecule has 0 aliphatic heterocycles. The Hall–Kier alpha value is -1.94. The van der Waals surface area contributed by atoms with E-state index in [9.17, 15) is 9.59 Å². The number of thiophene rings is 1. The van der Waals surface area contributed by atoms with Crippen LogP contribution in [-0.4, -0.2) is 18.7 Å². The maximum atomic E-state index is 12.2. The van der Waals surface area contributed by atoms with Crippen molar-refractivity contribution in [2.24, 2.45) is 0 Å². The molecule has 0 radical (unpaired) electrons. The molecule has 3 nitrogen and oxygen atoms in total. The fourth-order valence-electron chi connectivity index (χ4n) is 2.23. The number of carbonyl (C=O) groups excluding carboxylic acids is 2. The number of ketones is 1. The average molecular weight is 301 g/mol. The molecule has 0 saturated heterocycles. The summed E-state index contributed by atoms with van der Waals surface area (Å²) in [5, 5.41) is 0. The molecule has 0 saturated carbocycles. The second kappa shape index (κ2) is 6.68. The highest BCUT2D eigenvalue weighted by molar-refractivity contribution is 7.12. The summed E-state index contributed by atoms with van der Waals surface area (Å²) in [6.07, 6.45) is 0.492. The maximum Gasteiger partial charge on any atom is 0.227 e. The third-order valence-electron chi connectivity index (χ3n) is 3.42. The summed E-state index contributed by atoms with van der Waals surface area (Å²) in [5.41, 5.74) is 1.60. The quantitative estimate of drug-likeness (QED) is 0.783. The number of hydrogen-bond acceptors (Lipinski definition) is 3. The first kappa shape index (κ1) is 15.4. The Morgan fingerprint density at radius 1 is 1.10 bits per heavy atom. The predicted molar refractivity (Wildman–Crippen MR) is 87.2 cm³/mol. The third-order valence-corrected chi connectivity index (χ3v) is 4.39. The highest BCUT2D eigenvalue weighted by Crippen LogP contribution is 2.22. The number of hydrogen-bond donors (Lipinski definition) is 0. The van der Waals surface area contributed by atoms with Gasteiger partial charge in [0.05, 0.1) is 0 Å². The summed E-state index contributed by atoms with van der Waals surface area (Å²) in [5.74, 6) is 0.00539. The highest BCUT2D eigenvalue weighted by Gasteiger charge is 2.16. The molecule has 0 spiro atoms. The largest absolute Gasteiger partial charge is 0.315 e. The van der Waals surface area contributed by atoms with Crippen molar-refractivity contribution in [1.29, 1.82) is 0 Å². The van der Waals surface area contributed by atoms with Crippen LogP contribution < -0.4 is 4.90 Å². The molecule has 2 aromatic rings. The van der Waals surface area contributed by atoms with Crippen LogP contribution in [0, 0.1) is 13.8 Å². The number of carbonyl (C=O) groups is 2. The lowest BCUT2D eigenvalue weighted by atomic mass is 10.1. The minimum atomic E-state index is -0.0424. The van der Waals surface area contributed by atoms with Crippen LogP contribution in [0.4, 0.5) is 5.69 Å². The second-order valence-electron chi connectivity index (χ2n) is 5.04. The van der Waals surface area contributed by atoms with Crippen LogP contribution in [0.2, 0.25) is 0 Å². The van der Waals surface area contributed by atoms with E-state index in [-0.39, 0.29) is 24.5 Å². The molecule has 1 heterocycles. The summed E-state index contributed by atoms with van der Waals surface area (Å²) in [4.78, 5) is 28.1. The first-order valence-corrected chi connectivity index (χ1v) is 7.72. The number of Topliss-reactive ketones (excluding diaryl/α,β-unsaturated/α-hetero) is 1. The summed E-state index contributed by atoms with van der Waals surface area (Å²) in [6, 6.07) is 11.4. The van der Waals surface area contributed by atoms with Crippen LogP contribution in [0.1, 0.15) is 33.0 Å². The van der Waals surface area contributed by atoms with Crippen molar-refractivity contribution in [2.75, 3.05) is 11.9 Å². The lowest BCUT2D eigenvalue weighted by molar-refractivity contribution is -0.118. The van der Waals surface area contributed by atoms with Crippen LogP contribution in [0.5, 0.6) is 0 Å². The fourth-order valence-corrected chi connectivity index (χ4v) is 3.17. The van der Waals surface area contributed by atoms with Gasteiger partial charge in [-0.3, -0.25) is 9.59 Å². The van der Waals surface area contributed by atoms with E-state index in [1.54, 1.807) is 23.3 Å². The minimum Gasteiger partial charge on any atom is -0.315 e. The molecule has 0 aliphatic rings. The van der Waals surface area contributed by atoms with Gasteiger partial charge in [0.25, 0.3) is 0 Å². The molecule has 2 rings (SSSR count). The van der Waals surface area contributed by atoms with Gasteiger partial charge in [0.2, 0.25) is 5.91 Å². The van der Waals surface area contributed by atoms with Crippen LogP contribution in [-0.2, 0) is 4.79 Å². The van der Waals surface area contributed by atoms with Gasteiger partial charge in [-0.1, -0.05) is 18.2 Å². The number of para-hydroxylation sites is 1. The number of aryl methyl sites for hydroxylation is 2. The van der Waals surface area contributed by atoms with E-state index in [4.69, 9.17) is 0 Å². The van der Waals surface area contributed by atoms with Gasteiger partial charge in [-0.05, 0) is 32.0 Å². The summed E-state index contributed by atoms with van der Waals surface area (Å²) < 4.78 is 0. The molecule has 1 amide bonds. The average Bonchev–Trinajstić information content (AvgIpc) is 2.83. The zero-order valence-corrected chi connectivity index (χ0v) is 13.4. The standard InChI is InChI=1S/C17H19NO2S/c1-12-11-15(13(2)21-12)16(19)9-10-17(20)18(3)14-7-5-4-6-8-14/h4-8,11H,9-10H2,1-3H3. The Labute approximate surface area is 129 Å². The zero-order valence-electron chi connectivity index (χ0n) is 12.6. The van der Waals surface area contributed by atoms with E-state index in [1.165, 1.54) is 0 Å². The minimum absolute atomic E-state index is 0.0424. The summed E-state index contributed by atoms with van der Waals surface area (Å²) >= 11 is 1.62. The predicted octanol–water partition coefficient (Wildman–Crippen LogP) is 3.99. The molecule has 0 unspecified atom stereocenters. The smallest absolute Gasteiger partial charge is 0.227 e. The maximum absolute atomic E-state index is 12.2. The lowest BCUT2D eigenvalue weighted by Crippen LogP contribution is -2.26. The number of nitrogens with zero attached hydrogens (tertiary/aromatic N) is 1. The molecule has 0 bridgehead atoms. The van der Waals surface area contributed by atoms with Gasteiger partial charge < -0.3 is 4.90 Å². The molecule has 4 heteroatoms. The number of rotatable bonds is 5. The van der Waals surface area contributed by atoms with E-state index < -0.39 is 0 Å². The molecule has 0 N–H and O–H groups in total. The van der Waals surface area contributed by atoms with Gasteiger partial charge in [-0.2, -0.15) is 0 Å². The number of benzene rings is 1. The summed E-state index contributed by atoms with van der Waals surface area (Å²) in [6.45, 7) is 3.94. The topological polar surface area (TPSA) is 37.4 Å². The van der Waals surface area contributed by atoms with E-state index >= 15 is 0 Å². The second-order valence-corrected chi connectivity index (χ2v) is 6.50. The fraction of sp³-hybridized carbons (Fsp3) is 0.294. The molecule has 1 aromatic carbocycles. The molecule has 21 heavy (non-hydrogen) atoms. The lowest BCUT2D eigenvalue weighted by Gasteiger charge is -2.16. The molecule has 110 valence electrons. The summed E-state index contributed by atoms with van der Waals surface area (Å²) in [7, 11) is 1.74. The van der Waals surface area contributed by atoms with Crippen LogP contribution in [0.15, 0.2) is 36.4 Å². The van der Waals surface area contributed by atoms with Crippen molar-refractivity contribution in [3.63, 3.8) is 0 Å². The molecule has 0 atom stereocenters. The normalized spacial score (nSPS) is 10.4. The SMILES string of the molecule is Cc1cc(C(=O)CCC(=O)N(C)c2ccccc2)c(C)s1. The number of amides is 1. The van der Waals surface area contributed by atoms with Crippen molar-refractivity contribution < 1.29 is 9.59 Å². The van der Waals surface area contributed by atoms with Crippen molar-refractivity contribution in [2.45, 2.75) is 26.7 Å².